The molecule has 1 atom stereocenters. The third-order valence-electron chi connectivity index (χ3n) is 6.71. The fourth-order valence-corrected chi connectivity index (χ4v) is 5.80. The molecule has 0 spiro atoms. The molecule has 2 rings (SSSR count). The third kappa shape index (κ3) is 8.57. The number of alkyl halides is 5. The second kappa shape index (κ2) is 12.3. The first kappa shape index (κ1) is 33.2. The minimum absolute atomic E-state index is 0.0216. The number of carbonyl (C=O) groups is 1. The Balaban J connectivity index is 0.000000387. The molecular weight excluding hydrogens is 530 g/mol. The van der Waals surface area contributed by atoms with Gasteiger partial charge in [0.2, 0.25) is 0 Å². The normalized spacial score (nSPS) is 19.5. The summed E-state index contributed by atoms with van der Waals surface area (Å²) in [4.78, 5) is 11.1. The summed E-state index contributed by atoms with van der Waals surface area (Å²) < 4.78 is 88.0. The summed E-state index contributed by atoms with van der Waals surface area (Å²) in [7, 11) is -2.21. The highest BCUT2D eigenvalue weighted by Crippen LogP contribution is 2.46. The van der Waals surface area contributed by atoms with E-state index in [1.807, 2.05) is 0 Å². The summed E-state index contributed by atoms with van der Waals surface area (Å²) in [6.45, 7) is 13.2. The van der Waals surface area contributed by atoms with E-state index in [1.165, 1.54) is 40.4 Å². The van der Waals surface area contributed by atoms with Crippen LogP contribution in [-0.2, 0) is 20.3 Å². The van der Waals surface area contributed by atoms with Crippen molar-refractivity contribution in [2.24, 2.45) is 11.8 Å². The molecule has 0 amide bonds. The molecule has 0 radical (unpaired) electrons. The molecule has 1 aromatic rings. The molecule has 0 N–H and O–H groups in total. The summed E-state index contributed by atoms with van der Waals surface area (Å²) in [5.74, 6) is 0.336. The Morgan fingerprint density at radius 3 is 2.05 bits per heavy atom. The number of hydrogen-bond donors (Lipinski definition) is 0. The van der Waals surface area contributed by atoms with Gasteiger partial charge in [0.25, 0.3) is 5.66 Å². The Labute approximate surface area is 219 Å². The van der Waals surface area contributed by atoms with Crippen LogP contribution in [0.5, 0.6) is 0 Å². The highest BCUT2D eigenvalue weighted by Gasteiger charge is 2.47. The van der Waals surface area contributed by atoms with E-state index < -0.39 is 32.0 Å². The van der Waals surface area contributed by atoms with Gasteiger partial charge in [0.05, 0.1) is 9.64 Å². The van der Waals surface area contributed by atoms with Gasteiger partial charge >= 0.3 is 6.18 Å². The average Bonchev–Trinajstić information content (AvgIpc) is 2.75. The fourth-order valence-electron chi connectivity index (χ4n) is 3.84. The van der Waals surface area contributed by atoms with Crippen LogP contribution in [0.3, 0.4) is 0 Å². The molecular formula is C27H36F5O3PS. The van der Waals surface area contributed by atoms with Crippen molar-refractivity contribution in [2.45, 2.75) is 82.3 Å². The SMILES string of the molecule is C=C(CC)/C(=C\C=C(/C)C(F)(F)F)C(C)=O.CC1CC(C(C)(C)S(=O)(=O)c2cccc(C(F)(F)P)c2)C1. The number of sulfone groups is 1. The van der Waals surface area contributed by atoms with Crippen LogP contribution < -0.4 is 0 Å². The maximum atomic E-state index is 13.4. The molecule has 10 heteroatoms. The molecule has 1 aliphatic carbocycles. The van der Waals surface area contributed by atoms with Crippen molar-refractivity contribution in [3.63, 3.8) is 0 Å². The van der Waals surface area contributed by atoms with Gasteiger partial charge in [-0.1, -0.05) is 54.0 Å². The van der Waals surface area contributed by atoms with Crippen molar-refractivity contribution < 1.29 is 35.2 Å². The molecule has 1 fully saturated rings. The third-order valence-corrected chi connectivity index (χ3v) is 9.64. The number of Topliss-reactive ketones (excluding diaryl/α,β-unsaturated/α-hetero) is 1. The van der Waals surface area contributed by atoms with Gasteiger partial charge < -0.3 is 0 Å². The number of allylic oxidation sites excluding steroid dienone is 5. The van der Waals surface area contributed by atoms with E-state index in [-0.39, 0.29) is 27.7 Å². The zero-order valence-corrected chi connectivity index (χ0v) is 24.0. The first-order valence-electron chi connectivity index (χ1n) is 11.8. The van der Waals surface area contributed by atoms with Crippen LogP contribution in [0.25, 0.3) is 0 Å². The van der Waals surface area contributed by atoms with E-state index in [1.54, 1.807) is 20.8 Å². The molecule has 0 heterocycles. The predicted octanol–water partition coefficient (Wildman–Crippen LogP) is 8.19. The van der Waals surface area contributed by atoms with Gasteiger partial charge in [-0.05, 0) is 76.5 Å². The standard InChI is InChI=1S/C15H21F2O2PS.C12H15F3O/c1-10-7-12(8-10)14(2,3)21(18,19)13-6-4-5-11(9-13)15(16,17)20;1-5-8(2)11(10(4)16)7-6-9(3)12(13,14)15/h4-6,9-10,12H,7-8,20H2,1-3H3;6-7H,2,5H2,1,3-4H3/b;9-6+,11-7+. The molecule has 1 saturated carbocycles. The predicted molar refractivity (Wildman–Crippen MR) is 141 cm³/mol. The zero-order valence-electron chi connectivity index (χ0n) is 22.0. The highest BCUT2D eigenvalue weighted by molar-refractivity contribution is 7.92. The topological polar surface area (TPSA) is 51.2 Å². The van der Waals surface area contributed by atoms with E-state index in [4.69, 9.17) is 0 Å². The van der Waals surface area contributed by atoms with Gasteiger partial charge in [0.1, 0.15) is 0 Å². The first-order chi connectivity index (χ1) is 16.7. The Morgan fingerprint density at radius 2 is 1.65 bits per heavy atom. The molecule has 1 aromatic carbocycles. The van der Waals surface area contributed by atoms with Crippen LogP contribution in [0.4, 0.5) is 22.0 Å². The highest BCUT2D eigenvalue weighted by atomic mass is 32.2. The molecule has 1 unspecified atom stereocenters. The van der Waals surface area contributed by atoms with Crippen LogP contribution in [0.2, 0.25) is 0 Å². The van der Waals surface area contributed by atoms with Crippen molar-refractivity contribution in [1.29, 1.82) is 0 Å². The van der Waals surface area contributed by atoms with Crippen molar-refractivity contribution >= 4 is 24.9 Å². The monoisotopic (exact) mass is 566 g/mol. The van der Waals surface area contributed by atoms with Gasteiger partial charge in [0.15, 0.2) is 15.6 Å². The summed E-state index contributed by atoms with van der Waals surface area (Å²) in [5, 5.41) is 0. The summed E-state index contributed by atoms with van der Waals surface area (Å²) in [6, 6.07) is 5.11. The fraction of sp³-hybridized carbons (Fsp3) is 0.519. The summed E-state index contributed by atoms with van der Waals surface area (Å²) >= 11 is 0. The second-order valence-corrected chi connectivity index (χ2v) is 13.2. The molecule has 1 aliphatic rings. The van der Waals surface area contributed by atoms with Crippen LogP contribution in [0.15, 0.2) is 64.6 Å². The molecule has 0 aromatic heterocycles. The zero-order chi connectivity index (χ0) is 29.0. The molecule has 37 heavy (non-hydrogen) atoms. The maximum absolute atomic E-state index is 13.4. The van der Waals surface area contributed by atoms with Gasteiger partial charge in [-0.15, -0.1) is 0 Å². The number of ketones is 1. The van der Waals surface area contributed by atoms with Gasteiger partial charge in [-0.3, -0.25) is 4.79 Å². The number of carbonyl (C=O) groups excluding carboxylic acids is 1. The lowest BCUT2D eigenvalue weighted by Gasteiger charge is -2.43. The van der Waals surface area contributed by atoms with E-state index >= 15 is 0 Å². The van der Waals surface area contributed by atoms with Crippen LogP contribution in [0.1, 0.15) is 66.4 Å². The minimum atomic E-state index is -4.36. The van der Waals surface area contributed by atoms with Crippen LogP contribution in [0, 0.1) is 11.8 Å². The van der Waals surface area contributed by atoms with E-state index in [9.17, 15) is 35.2 Å². The van der Waals surface area contributed by atoms with Crippen molar-refractivity contribution in [3.05, 3.63) is 65.3 Å². The smallest absolute Gasteiger partial charge is 0.295 e. The molecule has 3 nitrogen and oxygen atoms in total. The Hall–Kier alpha value is -1.86. The van der Waals surface area contributed by atoms with Crippen molar-refractivity contribution in [3.8, 4) is 0 Å². The lowest BCUT2D eigenvalue weighted by Crippen LogP contribution is -2.45. The number of benzene rings is 1. The lowest BCUT2D eigenvalue weighted by molar-refractivity contribution is -0.113. The van der Waals surface area contributed by atoms with Crippen LogP contribution >= 0.6 is 9.24 Å². The van der Waals surface area contributed by atoms with E-state index in [2.05, 4.69) is 13.5 Å². The van der Waals surface area contributed by atoms with Crippen LogP contribution in [-0.4, -0.2) is 25.1 Å². The molecule has 0 bridgehead atoms. The molecule has 0 aliphatic heterocycles. The summed E-state index contributed by atoms with van der Waals surface area (Å²) in [5.41, 5.74) is -3.38. The average molecular weight is 567 g/mol. The Kier molecular flexibility index (Phi) is 11.1. The number of rotatable bonds is 8. The summed E-state index contributed by atoms with van der Waals surface area (Å²) in [6.07, 6.45) is -0.0117. The minimum Gasteiger partial charge on any atom is -0.295 e. The largest absolute Gasteiger partial charge is 0.412 e. The molecule has 208 valence electrons. The van der Waals surface area contributed by atoms with Gasteiger partial charge in [-0.25, -0.2) is 8.42 Å². The quantitative estimate of drug-likeness (QED) is 0.138. The van der Waals surface area contributed by atoms with E-state index in [0.29, 0.717) is 17.9 Å². The number of hydrogen-bond acceptors (Lipinski definition) is 3. The second-order valence-electron chi connectivity index (χ2n) is 9.97. The van der Waals surface area contributed by atoms with Gasteiger partial charge in [0, 0.05) is 16.7 Å². The van der Waals surface area contributed by atoms with Crippen molar-refractivity contribution in [1.82, 2.24) is 0 Å². The Morgan fingerprint density at radius 1 is 1.11 bits per heavy atom. The maximum Gasteiger partial charge on any atom is 0.412 e. The first-order valence-corrected chi connectivity index (χ1v) is 13.9. The Bertz CT molecular complexity index is 1150. The number of halogens is 5. The van der Waals surface area contributed by atoms with Crippen molar-refractivity contribution in [2.75, 3.05) is 0 Å². The van der Waals surface area contributed by atoms with E-state index in [0.717, 1.165) is 31.9 Å². The lowest BCUT2D eigenvalue weighted by atomic mass is 9.70. The molecule has 0 saturated heterocycles. The van der Waals surface area contributed by atoms with Gasteiger partial charge in [-0.2, -0.15) is 22.0 Å².